The van der Waals surface area contributed by atoms with Crippen LogP contribution in [0.3, 0.4) is 0 Å². The summed E-state index contributed by atoms with van der Waals surface area (Å²) in [6.45, 7) is 2.06. The van der Waals surface area contributed by atoms with Crippen molar-refractivity contribution >= 4 is 17.7 Å². The Kier molecular flexibility index (Phi) is 4.38. The number of benzene rings is 2. The van der Waals surface area contributed by atoms with Gasteiger partial charge in [0.05, 0.1) is 0 Å². The molecule has 0 aromatic heterocycles. The van der Waals surface area contributed by atoms with Crippen molar-refractivity contribution in [3.63, 3.8) is 0 Å². The Labute approximate surface area is 113 Å². The van der Waals surface area contributed by atoms with Gasteiger partial charge < -0.3 is 0 Å². The molecular formula is C17H14Cl. The van der Waals surface area contributed by atoms with Crippen molar-refractivity contribution in [2.75, 3.05) is 0 Å². The van der Waals surface area contributed by atoms with Crippen LogP contribution in [0.2, 0.25) is 5.02 Å². The van der Waals surface area contributed by atoms with Gasteiger partial charge in [0.1, 0.15) is 0 Å². The molecule has 2 aromatic carbocycles. The molecule has 0 spiro atoms. The smallest absolute Gasteiger partial charge is 0.0406 e. The van der Waals surface area contributed by atoms with Crippen LogP contribution in [0.25, 0.3) is 6.08 Å². The Morgan fingerprint density at radius 1 is 1.00 bits per heavy atom. The van der Waals surface area contributed by atoms with Crippen LogP contribution in [0.4, 0.5) is 0 Å². The molecule has 89 valence electrons. The zero-order valence-electron chi connectivity index (χ0n) is 10.2. The van der Waals surface area contributed by atoms with Crippen LogP contribution < -0.4 is 0 Å². The van der Waals surface area contributed by atoms with E-state index in [2.05, 4.69) is 19.1 Å². The Morgan fingerprint density at radius 3 is 2.33 bits per heavy atom. The van der Waals surface area contributed by atoms with Gasteiger partial charge in [-0.05, 0) is 41.8 Å². The molecular weight excluding hydrogens is 240 g/mol. The van der Waals surface area contributed by atoms with Gasteiger partial charge in [-0.2, -0.15) is 0 Å². The van der Waals surface area contributed by atoms with Gasteiger partial charge in [-0.15, -0.1) is 0 Å². The maximum absolute atomic E-state index is 5.85. The minimum Gasteiger partial charge on any atom is -0.0843 e. The van der Waals surface area contributed by atoms with Crippen LogP contribution in [-0.4, -0.2) is 0 Å². The van der Waals surface area contributed by atoms with Gasteiger partial charge in [0, 0.05) is 5.02 Å². The van der Waals surface area contributed by atoms with Crippen molar-refractivity contribution in [3.05, 3.63) is 88.5 Å². The SMILES string of the molecule is CC(/C=[C]/c1ccccc1)=C\c1ccc(Cl)cc1. The summed E-state index contributed by atoms with van der Waals surface area (Å²) < 4.78 is 0. The fourth-order valence-electron chi connectivity index (χ4n) is 1.60. The van der Waals surface area contributed by atoms with Crippen LogP contribution in [0, 0.1) is 6.08 Å². The van der Waals surface area contributed by atoms with Gasteiger partial charge in [-0.3, -0.25) is 0 Å². The molecule has 0 aliphatic rings. The van der Waals surface area contributed by atoms with Gasteiger partial charge in [-0.25, -0.2) is 0 Å². The molecule has 0 fully saturated rings. The van der Waals surface area contributed by atoms with E-state index in [9.17, 15) is 0 Å². The maximum Gasteiger partial charge on any atom is 0.0406 e. The molecule has 0 heterocycles. The second-order valence-electron chi connectivity index (χ2n) is 4.09. The van der Waals surface area contributed by atoms with Crippen molar-refractivity contribution in [1.29, 1.82) is 0 Å². The highest BCUT2D eigenvalue weighted by atomic mass is 35.5. The summed E-state index contributed by atoms with van der Waals surface area (Å²) in [7, 11) is 0. The standard InChI is InChI=1S/C17H14Cl/c1-14(7-8-15-5-3-2-4-6-15)13-16-9-11-17(18)12-10-16/h2-7,9-13H,1H3/b8-7?,14-13+. The average molecular weight is 254 g/mol. The van der Waals surface area contributed by atoms with Gasteiger partial charge in [0.25, 0.3) is 0 Å². The fraction of sp³-hybridized carbons (Fsp3) is 0.0588. The molecule has 18 heavy (non-hydrogen) atoms. The van der Waals surface area contributed by atoms with Gasteiger partial charge in [-0.1, -0.05) is 66.2 Å². The molecule has 0 saturated carbocycles. The van der Waals surface area contributed by atoms with E-state index in [4.69, 9.17) is 11.6 Å². The van der Waals surface area contributed by atoms with E-state index in [1.54, 1.807) is 0 Å². The van der Waals surface area contributed by atoms with Crippen LogP contribution in [0.5, 0.6) is 0 Å². The molecule has 0 bridgehead atoms. The van der Waals surface area contributed by atoms with E-state index < -0.39 is 0 Å². The molecule has 0 saturated heterocycles. The van der Waals surface area contributed by atoms with E-state index in [-0.39, 0.29) is 0 Å². The van der Waals surface area contributed by atoms with Crippen molar-refractivity contribution < 1.29 is 0 Å². The van der Waals surface area contributed by atoms with Gasteiger partial charge in [0.2, 0.25) is 0 Å². The third-order valence-electron chi connectivity index (χ3n) is 2.50. The average Bonchev–Trinajstić information content (AvgIpc) is 2.40. The summed E-state index contributed by atoms with van der Waals surface area (Å²) >= 11 is 5.85. The largest absolute Gasteiger partial charge is 0.0843 e. The lowest BCUT2D eigenvalue weighted by molar-refractivity contribution is 1.49. The van der Waals surface area contributed by atoms with Gasteiger partial charge in [0.15, 0.2) is 0 Å². The molecule has 0 amide bonds. The Hall–Kier alpha value is -1.79. The first-order chi connectivity index (χ1) is 8.74. The molecule has 2 aromatic rings. The van der Waals surface area contributed by atoms with Crippen molar-refractivity contribution in [2.45, 2.75) is 6.92 Å². The first-order valence-corrected chi connectivity index (χ1v) is 6.20. The van der Waals surface area contributed by atoms with E-state index in [1.165, 1.54) is 0 Å². The van der Waals surface area contributed by atoms with Crippen LogP contribution in [0.15, 0.2) is 66.2 Å². The number of halogens is 1. The minimum absolute atomic E-state index is 0.760. The van der Waals surface area contributed by atoms with Crippen LogP contribution in [-0.2, 0) is 0 Å². The predicted octanol–water partition coefficient (Wildman–Crippen LogP) is 5.15. The normalized spacial score (nSPS) is 12.0. The third kappa shape index (κ3) is 3.90. The lowest BCUT2D eigenvalue weighted by Gasteiger charge is -1.96. The van der Waals surface area contributed by atoms with E-state index in [0.717, 1.165) is 21.7 Å². The molecule has 0 aliphatic heterocycles. The maximum atomic E-state index is 5.85. The highest BCUT2D eigenvalue weighted by molar-refractivity contribution is 6.30. The number of hydrogen-bond acceptors (Lipinski definition) is 0. The molecule has 0 aliphatic carbocycles. The number of allylic oxidation sites excluding steroid dienone is 2. The van der Waals surface area contributed by atoms with Crippen molar-refractivity contribution in [2.24, 2.45) is 0 Å². The summed E-state index contributed by atoms with van der Waals surface area (Å²) in [5.74, 6) is 0. The summed E-state index contributed by atoms with van der Waals surface area (Å²) in [5.41, 5.74) is 3.38. The molecule has 0 N–H and O–H groups in total. The first kappa shape index (κ1) is 12.7. The molecule has 0 nitrogen and oxygen atoms in total. The third-order valence-corrected chi connectivity index (χ3v) is 2.76. The summed E-state index contributed by atoms with van der Waals surface area (Å²) in [4.78, 5) is 0. The number of hydrogen-bond donors (Lipinski definition) is 0. The van der Waals surface area contributed by atoms with Crippen molar-refractivity contribution in [3.8, 4) is 0 Å². The van der Waals surface area contributed by atoms with E-state index >= 15 is 0 Å². The Morgan fingerprint density at radius 2 is 1.67 bits per heavy atom. The molecule has 1 radical (unpaired) electrons. The predicted molar refractivity (Wildman–Crippen MR) is 78.5 cm³/mol. The zero-order chi connectivity index (χ0) is 12.8. The molecule has 0 atom stereocenters. The quantitative estimate of drug-likeness (QED) is 0.664. The second kappa shape index (κ2) is 6.23. The monoisotopic (exact) mass is 253 g/mol. The molecule has 1 heteroatoms. The molecule has 2 rings (SSSR count). The lowest BCUT2D eigenvalue weighted by atomic mass is 10.1. The highest BCUT2D eigenvalue weighted by Gasteiger charge is 1.90. The Bertz CT molecular complexity index is 548. The molecule has 0 unspecified atom stereocenters. The van der Waals surface area contributed by atoms with Crippen molar-refractivity contribution in [1.82, 2.24) is 0 Å². The van der Waals surface area contributed by atoms with Crippen LogP contribution >= 0.6 is 11.6 Å². The van der Waals surface area contributed by atoms with Crippen LogP contribution in [0.1, 0.15) is 18.1 Å². The first-order valence-electron chi connectivity index (χ1n) is 5.83. The van der Waals surface area contributed by atoms with E-state index in [0.29, 0.717) is 0 Å². The van der Waals surface area contributed by atoms with Gasteiger partial charge >= 0.3 is 0 Å². The second-order valence-corrected chi connectivity index (χ2v) is 4.53. The summed E-state index contributed by atoms with van der Waals surface area (Å²) in [6.07, 6.45) is 7.35. The summed E-state index contributed by atoms with van der Waals surface area (Å²) in [5, 5.41) is 0.760. The lowest BCUT2D eigenvalue weighted by Crippen LogP contribution is -1.76. The highest BCUT2D eigenvalue weighted by Crippen LogP contribution is 2.13. The fourth-order valence-corrected chi connectivity index (χ4v) is 1.72. The zero-order valence-corrected chi connectivity index (χ0v) is 11.0. The van der Waals surface area contributed by atoms with E-state index in [1.807, 2.05) is 60.7 Å². The minimum atomic E-state index is 0.760. The summed E-state index contributed by atoms with van der Waals surface area (Å²) in [6, 6.07) is 17.9. The number of rotatable bonds is 3. The Balaban J connectivity index is 2.10. The topological polar surface area (TPSA) is 0 Å².